The highest BCUT2D eigenvalue weighted by Gasteiger charge is 2.47. The lowest BCUT2D eigenvalue weighted by molar-refractivity contribution is -0.219. The van der Waals surface area contributed by atoms with Crippen LogP contribution in [0.15, 0.2) is 36.4 Å². The summed E-state index contributed by atoms with van der Waals surface area (Å²) in [6.45, 7) is 4.47. The average Bonchev–Trinajstić information content (AvgIpc) is 2.68. The van der Waals surface area contributed by atoms with Crippen LogP contribution in [0, 0.1) is 5.92 Å². The lowest BCUT2D eigenvalue weighted by Crippen LogP contribution is -2.53. The first-order chi connectivity index (χ1) is 14.7. The largest absolute Gasteiger partial charge is 0.497 e. The second kappa shape index (κ2) is 11.5. The van der Waals surface area contributed by atoms with Gasteiger partial charge in [0, 0.05) is 18.7 Å². The summed E-state index contributed by atoms with van der Waals surface area (Å²) in [6.07, 6.45) is -2.33. The molecule has 0 radical (unpaired) electrons. The fourth-order valence-electron chi connectivity index (χ4n) is 2.26. The molecule has 0 heterocycles. The third-order valence-electron chi connectivity index (χ3n) is 3.81. The Morgan fingerprint density at radius 1 is 1.12 bits per heavy atom. The molecule has 4 N–H and O–H groups in total. The molecule has 2 atom stereocenters. The van der Waals surface area contributed by atoms with Gasteiger partial charge >= 0.3 is 18.1 Å². The van der Waals surface area contributed by atoms with Gasteiger partial charge < -0.3 is 19.6 Å². The predicted molar refractivity (Wildman–Crippen MR) is 108 cm³/mol. The van der Waals surface area contributed by atoms with Crippen LogP contribution in [0.4, 0.5) is 18.9 Å². The third kappa shape index (κ3) is 9.35. The first-order valence-electron chi connectivity index (χ1n) is 9.43. The van der Waals surface area contributed by atoms with Gasteiger partial charge in [-0.2, -0.15) is 13.2 Å². The van der Waals surface area contributed by atoms with E-state index in [4.69, 9.17) is 15.3 Å². The Morgan fingerprint density at radius 3 is 2.22 bits per heavy atom. The fourth-order valence-corrected chi connectivity index (χ4v) is 2.26. The van der Waals surface area contributed by atoms with E-state index in [1.165, 1.54) is 19.3 Å². The van der Waals surface area contributed by atoms with Crippen molar-refractivity contribution in [3.05, 3.63) is 36.4 Å². The van der Waals surface area contributed by atoms with Crippen LogP contribution in [0.2, 0.25) is 0 Å². The highest BCUT2D eigenvalue weighted by atomic mass is 19.4. The zero-order chi connectivity index (χ0) is 24.5. The van der Waals surface area contributed by atoms with Crippen LogP contribution in [-0.4, -0.2) is 42.9 Å². The molecule has 1 aromatic carbocycles. The van der Waals surface area contributed by atoms with Crippen molar-refractivity contribution in [2.45, 2.75) is 45.1 Å². The molecule has 32 heavy (non-hydrogen) atoms. The molecule has 1 amide bonds. The van der Waals surface area contributed by atoms with E-state index in [0.717, 1.165) is 6.92 Å². The molecule has 178 valence electrons. The van der Waals surface area contributed by atoms with Crippen LogP contribution in [-0.2, 0) is 24.0 Å². The SMILES string of the molecule is COc1ccc(NC(=O)/C=C/[C@H](CC(C)C)NOC(=O)[C@@](C)(N)OC(=O)C(F)(F)F)cc1. The first-order valence-corrected chi connectivity index (χ1v) is 9.43. The summed E-state index contributed by atoms with van der Waals surface area (Å²) >= 11 is 0. The Kier molecular flexibility index (Phi) is 9.66. The van der Waals surface area contributed by atoms with E-state index >= 15 is 0 Å². The lowest BCUT2D eigenvalue weighted by atomic mass is 10.0. The fraction of sp³-hybridized carbons (Fsp3) is 0.450. The van der Waals surface area contributed by atoms with Crippen molar-refractivity contribution in [2.24, 2.45) is 11.7 Å². The summed E-state index contributed by atoms with van der Waals surface area (Å²) in [4.78, 5) is 39.7. The molecule has 0 aliphatic heterocycles. The van der Waals surface area contributed by atoms with Crippen molar-refractivity contribution in [1.82, 2.24) is 5.48 Å². The van der Waals surface area contributed by atoms with Crippen molar-refractivity contribution in [3.8, 4) is 5.75 Å². The maximum Gasteiger partial charge on any atom is 0.491 e. The number of nitrogens with one attached hydrogen (secondary N) is 2. The summed E-state index contributed by atoms with van der Waals surface area (Å²) in [6, 6.07) is 5.92. The molecular weight excluding hydrogens is 435 g/mol. The number of halogens is 3. The molecule has 0 saturated heterocycles. The van der Waals surface area contributed by atoms with E-state index in [0.29, 0.717) is 17.9 Å². The van der Waals surface area contributed by atoms with E-state index in [1.807, 2.05) is 13.8 Å². The Hall–Kier alpha value is -3.12. The Bertz CT molecular complexity index is 823. The van der Waals surface area contributed by atoms with Crippen molar-refractivity contribution in [1.29, 1.82) is 0 Å². The van der Waals surface area contributed by atoms with Crippen LogP contribution in [0.3, 0.4) is 0 Å². The van der Waals surface area contributed by atoms with Crippen LogP contribution in [0.1, 0.15) is 27.2 Å². The molecule has 12 heteroatoms. The molecular formula is C20H26F3N3O6. The molecule has 1 aromatic rings. The van der Waals surface area contributed by atoms with Gasteiger partial charge in [0.25, 0.3) is 5.72 Å². The molecule has 0 aliphatic rings. The third-order valence-corrected chi connectivity index (χ3v) is 3.81. The predicted octanol–water partition coefficient (Wildman–Crippen LogP) is 2.43. The summed E-state index contributed by atoms with van der Waals surface area (Å²) in [7, 11) is 1.51. The van der Waals surface area contributed by atoms with E-state index < -0.39 is 35.8 Å². The number of esters is 1. The highest BCUT2D eigenvalue weighted by Crippen LogP contribution is 2.20. The van der Waals surface area contributed by atoms with Crippen molar-refractivity contribution >= 4 is 23.5 Å². The van der Waals surface area contributed by atoms with Gasteiger partial charge in [-0.25, -0.2) is 9.59 Å². The number of amides is 1. The molecule has 1 rings (SSSR count). The number of hydrogen-bond donors (Lipinski definition) is 3. The van der Waals surface area contributed by atoms with Gasteiger partial charge in [-0.05, 0) is 36.6 Å². The number of ether oxygens (including phenoxy) is 2. The first kappa shape index (κ1) is 26.9. The Balaban J connectivity index is 2.72. The van der Waals surface area contributed by atoms with Gasteiger partial charge in [-0.1, -0.05) is 19.9 Å². The number of hydrogen-bond acceptors (Lipinski definition) is 8. The van der Waals surface area contributed by atoms with Gasteiger partial charge in [0.15, 0.2) is 0 Å². The standard InChI is InChI=1S/C20H26F3N3O6/c1-12(2)11-14(7-10-16(27)25-13-5-8-15(30-4)9-6-13)26-32-17(28)19(3,24)31-18(29)20(21,22)23/h5-10,12,14,26H,11,24H2,1-4H3,(H,25,27)/b10-7+/t14-,19+/m1/s1. The molecule has 0 aliphatic carbocycles. The van der Waals surface area contributed by atoms with Gasteiger partial charge in [0.1, 0.15) is 5.75 Å². The van der Waals surface area contributed by atoms with Crippen molar-refractivity contribution in [3.63, 3.8) is 0 Å². The lowest BCUT2D eigenvalue weighted by Gasteiger charge is -2.24. The van der Waals surface area contributed by atoms with E-state index in [2.05, 4.69) is 15.5 Å². The Labute approximate surface area is 183 Å². The van der Waals surface area contributed by atoms with E-state index in [9.17, 15) is 27.6 Å². The minimum atomic E-state index is -5.32. The van der Waals surface area contributed by atoms with Crippen LogP contribution >= 0.6 is 0 Å². The van der Waals surface area contributed by atoms with Crippen LogP contribution < -0.4 is 21.3 Å². The number of hydroxylamine groups is 1. The van der Waals surface area contributed by atoms with Gasteiger partial charge in [0.2, 0.25) is 5.91 Å². The minimum Gasteiger partial charge on any atom is -0.497 e. The average molecular weight is 461 g/mol. The maximum absolute atomic E-state index is 12.3. The second-order valence-corrected chi connectivity index (χ2v) is 7.31. The minimum absolute atomic E-state index is 0.0906. The Morgan fingerprint density at radius 2 is 1.72 bits per heavy atom. The van der Waals surface area contributed by atoms with Crippen molar-refractivity contribution in [2.75, 3.05) is 12.4 Å². The number of rotatable bonds is 10. The van der Waals surface area contributed by atoms with Gasteiger partial charge in [-0.15, -0.1) is 5.48 Å². The normalized spacial score (nSPS) is 14.5. The second-order valence-electron chi connectivity index (χ2n) is 7.31. The quantitative estimate of drug-likeness (QED) is 0.210. The molecule has 0 spiro atoms. The highest BCUT2D eigenvalue weighted by molar-refractivity contribution is 5.99. The molecule has 0 aromatic heterocycles. The summed E-state index contributed by atoms with van der Waals surface area (Å²) < 4.78 is 46.0. The molecule has 0 unspecified atom stereocenters. The maximum atomic E-state index is 12.3. The van der Waals surface area contributed by atoms with Gasteiger partial charge in [0.05, 0.1) is 13.2 Å². The van der Waals surface area contributed by atoms with E-state index in [-0.39, 0.29) is 5.92 Å². The summed E-state index contributed by atoms with van der Waals surface area (Å²) in [5.41, 5.74) is 5.48. The summed E-state index contributed by atoms with van der Waals surface area (Å²) in [5.74, 6) is -3.85. The van der Waals surface area contributed by atoms with Crippen LogP contribution in [0.25, 0.3) is 0 Å². The number of carbonyl (C=O) groups excluding carboxylic acids is 3. The topological polar surface area (TPSA) is 129 Å². The zero-order valence-corrected chi connectivity index (χ0v) is 18.0. The number of carbonyl (C=O) groups is 3. The number of alkyl halides is 3. The number of benzene rings is 1. The monoisotopic (exact) mass is 461 g/mol. The molecule has 9 nitrogen and oxygen atoms in total. The van der Waals surface area contributed by atoms with E-state index in [1.54, 1.807) is 24.3 Å². The zero-order valence-electron chi connectivity index (χ0n) is 18.0. The molecule has 0 bridgehead atoms. The molecule has 0 fully saturated rings. The molecule has 0 saturated carbocycles. The smallest absolute Gasteiger partial charge is 0.491 e. The number of methoxy groups -OCH3 is 1. The van der Waals surface area contributed by atoms with Crippen molar-refractivity contribution < 1.29 is 41.9 Å². The number of nitrogens with two attached hydrogens (primary N) is 1. The van der Waals surface area contributed by atoms with Crippen LogP contribution in [0.5, 0.6) is 5.75 Å². The number of anilines is 1. The van der Waals surface area contributed by atoms with Gasteiger partial charge in [-0.3, -0.25) is 10.5 Å². The summed E-state index contributed by atoms with van der Waals surface area (Å²) in [5, 5.41) is 2.63.